The van der Waals surface area contributed by atoms with E-state index in [4.69, 9.17) is 21.1 Å². The molecule has 29 heavy (non-hydrogen) atoms. The van der Waals surface area contributed by atoms with Crippen LogP contribution in [0.3, 0.4) is 0 Å². The van der Waals surface area contributed by atoms with Crippen molar-refractivity contribution in [2.24, 2.45) is 4.99 Å². The van der Waals surface area contributed by atoms with Crippen LogP contribution < -0.4 is 4.74 Å². The van der Waals surface area contributed by atoms with E-state index in [2.05, 4.69) is 4.99 Å². The Morgan fingerprint density at radius 3 is 2.66 bits per heavy atom. The molecule has 0 N–H and O–H groups in total. The van der Waals surface area contributed by atoms with Gasteiger partial charge in [0.25, 0.3) is 5.69 Å². The van der Waals surface area contributed by atoms with Gasteiger partial charge in [0.15, 0.2) is 5.70 Å². The third-order valence-corrected chi connectivity index (χ3v) is 4.21. The Morgan fingerprint density at radius 2 is 2.00 bits per heavy atom. The number of nitro groups is 1. The number of non-ortho nitro benzene ring substituents is 1. The summed E-state index contributed by atoms with van der Waals surface area (Å²) in [5.74, 6) is -0.741. The quantitative estimate of drug-likeness (QED) is 0.229. The van der Waals surface area contributed by atoms with Gasteiger partial charge in [0, 0.05) is 18.6 Å². The van der Waals surface area contributed by atoms with Crippen molar-refractivity contribution in [2.45, 2.75) is 19.8 Å². The standard InChI is InChI=1S/C20H15ClN2O6/c1-2-3-18(24)28-14-7-4-12(5-8-14)10-17-20(25)29-19(22-17)15-11-13(23(26)27)6-9-16(15)21/h4-11H,2-3H2,1H3/b17-10-. The molecule has 0 amide bonds. The second kappa shape index (κ2) is 8.66. The SMILES string of the molecule is CCCC(=O)Oc1ccc(/C=C2\N=C(c3cc([N+](=O)[O-])ccc3Cl)OC2=O)cc1. The van der Waals surface area contributed by atoms with E-state index in [0.29, 0.717) is 24.2 Å². The van der Waals surface area contributed by atoms with Crippen molar-refractivity contribution in [3.63, 3.8) is 0 Å². The predicted octanol–water partition coefficient (Wildman–Crippen LogP) is 4.30. The minimum absolute atomic E-state index is 0.0123. The number of hydrogen-bond acceptors (Lipinski definition) is 7. The lowest BCUT2D eigenvalue weighted by molar-refractivity contribution is -0.384. The summed E-state index contributed by atoms with van der Waals surface area (Å²) in [6.45, 7) is 1.88. The number of cyclic esters (lactones) is 1. The first-order valence-electron chi connectivity index (χ1n) is 8.65. The molecule has 8 nitrogen and oxygen atoms in total. The van der Waals surface area contributed by atoms with Crippen molar-refractivity contribution in [3.05, 3.63) is 74.4 Å². The first kappa shape index (κ1) is 20.2. The Labute approximate surface area is 170 Å². The van der Waals surface area contributed by atoms with Crippen LogP contribution in [0.5, 0.6) is 5.75 Å². The van der Waals surface area contributed by atoms with E-state index in [9.17, 15) is 19.7 Å². The average molecular weight is 415 g/mol. The van der Waals surface area contributed by atoms with E-state index in [1.165, 1.54) is 24.3 Å². The molecule has 0 fully saturated rings. The summed E-state index contributed by atoms with van der Waals surface area (Å²) in [4.78, 5) is 38.1. The summed E-state index contributed by atoms with van der Waals surface area (Å²) in [5.41, 5.74) is 0.588. The second-order valence-corrected chi connectivity index (χ2v) is 6.46. The van der Waals surface area contributed by atoms with Crippen LogP contribution in [0.1, 0.15) is 30.9 Å². The number of benzene rings is 2. The third-order valence-electron chi connectivity index (χ3n) is 3.88. The third kappa shape index (κ3) is 4.85. The Bertz CT molecular complexity index is 1040. The molecule has 1 aliphatic heterocycles. The monoisotopic (exact) mass is 414 g/mol. The normalized spacial score (nSPS) is 14.5. The van der Waals surface area contributed by atoms with Gasteiger partial charge in [0.05, 0.1) is 15.5 Å². The molecule has 0 saturated carbocycles. The van der Waals surface area contributed by atoms with Gasteiger partial charge < -0.3 is 9.47 Å². The molecular weight excluding hydrogens is 400 g/mol. The zero-order chi connectivity index (χ0) is 21.0. The molecule has 0 aliphatic carbocycles. The molecule has 1 heterocycles. The number of hydrogen-bond donors (Lipinski definition) is 0. The number of esters is 2. The Hall–Kier alpha value is -3.52. The molecule has 0 aromatic heterocycles. The maximum Gasteiger partial charge on any atom is 0.363 e. The molecule has 0 unspecified atom stereocenters. The minimum atomic E-state index is -0.707. The fourth-order valence-corrected chi connectivity index (χ4v) is 2.69. The Morgan fingerprint density at radius 1 is 1.28 bits per heavy atom. The minimum Gasteiger partial charge on any atom is -0.427 e. The Kier molecular flexibility index (Phi) is 6.04. The van der Waals surface area contributed by atoms with Crippen LogP contribution in [-0.4, -0.2) is 22.8 Å². The lowest BCUT2D eigenvalue weighted by Gasteiger charge is -2.03. The zero-order valence-electron chi connectivity index (χ0n) is 15.3. The number of halogens is 1. The van der Waals surface area contributed by atoms with Gasteiger partial charge in [-0.3, -0.25) is 14.9 Å². The van der Waals surface area contributed by atoms with Gasteiger partial charge in [-0.1, -0.05) is 30.7 Å². The van der Waals surface area contributed by atoms with Crippen molar-refractivity contribution >= 4 is 41.2 Å². The van der Waals surface area contributed by atoms with Crippen LogP contribution in [0.15, 0.2) is 53.2 Å². The summed E-state index contributed by atoms with van der Waals surface area (Å²) < 4.78 is 10.3. The van der Waals surface area contributed by atoms with Gasteiger partial charge in [0.2, 0.25) is 5.90 Å². The molecule has 148 valence electrons. The maximum absolute atomic E-state index is 12.1. The van der Waals surface area contributed by atoms with E-state index >= 15 is 0 Å². The topological polar surface area (TPSA) is 108 Å². The number of rotatable bonds is 6. The highest BCUT2D eigenvalue weighted by molar-refractivity contribution is 6.34. The molecule has 1 aliphatic rings. The first-order valence-corrected chi connectivity index (χ1v) is 9.03. The molecule has 2 aromatic carbocycles. The van der Waals surface area contributed by atoms with E-state index in [1.54, 1.807) is 24.3 Å². The van der Waals surface area contributed by atoms with Gasteiger partial charge in [-0.15, -0.1) is 0 Å². The Balaban J connectivity index is 1.83. The van der Waals surface area contributed by atoms with Crippen LogP contribution in [0.4, 0.5) is 5.69 Å². The van der Waals surface area contributed by atoms with E-state index < -0.39 is 10.9 Å². The van der Waals surface area contributed by atoms with Crippen molar-refractivity contribution < 1.29 is 24.0 Å². The second-order valence-electron chi connectivity index (χ2n) is 6.05. The van der Waals surface area contributed by atoms with Crippen molar-refractivity contribution in [2.75, 3.05) is 0 Å². The molecule has 0 bridgehead atoms. The molecule has 2 aromatic rings. The van der Waals surface area contributed by atoms with Crippen LogP contribution >= 0.6 is 11.6 Å². The molecule has 0 radical (unpaired) electrons. The maximum atomic E-state index is 12.1. The molecule has 3 rings (SSSR count). The number of carbonyl (C=O) groups excluding carboxylic acids is 2. The number of nitrogens with zero attached hydrogens (tertiary/aromatic N) is 2. The molecular formula is C20H15ClN2O6. The number of nitro benzene ring substituents is 1. The number of ether oxygens (including phenoxy) is 2. The van der Waals surface area contributed by atoms with E-state index in [1.807, 2.05) is 6.92 Å². The summed E-state index contributed by atoms with van der Waals surface area (Å²) in [6, 6.07) is 10.3. The van der Waals surface area contributed by atoms with Crippen molar-refractivity contribution in [1.29, 1.82) is 0 Å². The van der Waals surface area contributed by atoms with Crippen LogP contribution in [0.2, 0.25) is 5.02 Å². The van der Waals surface area contributed by atoms with Gasteiger partial charge in [-0.05, 0) is 36.3 Å². The van der Waals surface area contributed by atoms with Gasteiger partial charge in [0.1, 0.15) is 5.75 Å². The van der Waals surface area contributed by atoms with E-state index in [0.717, 1.165) is 0 Å². The highest BCUT2D eigenvalue weighted by Gasteiger charge is 2.27. The average Bonchev–Trinajstić information content (AvgIpc) is 3.04. The van der Waals surface area contributed by atoms with Crippen LogP contribution in [0, 0.1) is 10.1 Å². The summed E-state index contributed by atoms with van der Waals surface area (Å²) in [7, 11) is 0. The fourth-order valence-electron chi connectivity index (χ4n) is 2.49. The molecule has 9 heteroatoms. The highest BCUT2D eigenvalue weighted by atomic mass is 35.5. The fraction of sp³-hybridized carbons (Fsp3) is 0.150. The van der Waals surface area contributed by atoms with Crippen molar-refractivity contribution in [1.82, 2.24) is 0 Å². The lowest BCUT2D eigenvalue weighted by atomic mass is 10.2. The largest absolute Gasteiger partial charge is 0.427 e. The summed E-state index contributed by atoms with van der Waals surface area (Å²) in [6.07, 6.45) is 2.51. The highest BCUT2D eigenvalue weighted by Crippen LogP contribution is 2.27. The molecule has 0 spiro atoms. The first-order chi connectivity index (χ1) is 13.9. The molecule has 0 atom stereocenters. The predicted molar refractivity (Wildman–Crippen MR) is 106 cm³/mol. The van der Waals surface area contributed by atoms with Crippen LogP contribution in [0.25, 0.3) is 6.08 Å². The molecule has 0 saturated heterocycles. The van der Waals surface area contributed by atoms with Crippen LogP contribution in [-0.2, 0) is 14.3 Å². The lowest BCUT2D eigenvalue weighted by Crippen LogP contribution is -2.06. The van der Waals surface area contributed by atoms with Gasteiger partial charge >= 0.3 is 11.9 Å². The van der Waals surface area contributed by atoms with E-state index in [-0.39, 0.29) is 33.8 Å². The number of carbonyl (C=O) groups is 2. The number of aliphatic imine (C=N–C) groups is 1. The van der Waals surface area contributed by atoms with Gasteiger partial charge in [-0.25, -0.2) is 9.79 Å². The summed E-state index contributed by atoms with van der Waals surface area (Å²) >= 11 is 6.06. The zero-order valence-corrected chi connectivity index (χ0v) is 16.0. The smallest absolute Gasteiger partial charge is 0.363 e. The summed E-state index contributed by atoms with van der Waals surface area (Å²) in [5, 5.41) is 11.1. The van der Waals surface area contributed by atoms with Gasteiger partial charge in [-0.2, -0.15) is 0 Å². The van der Waals surface area contributed by atoms with Crippen molar-refractivity contribution in [3.8, 4) is 5.75 Å².